The van der Waals surface area contributed by atoms with Gasteiger partial charge in [0, 0.05) is 10.9 Å². The first-order chi connectivity index (χ1) is 14.7. The van der Waals surface area contributed by atoms with Gasteiger partial charge in [0.05, 0.1) is 16.6 Å². The minimum absolute atomic E-state index is 0.579. The smallest absolute Gasteiger partial charge is 0.334 e. The van der Waals surface area contributed by atoms with E-state index in [-0.39, 0.29) is 0 Å². The van der Waals surface area contributed by atoms with Gasteiger partial charge in [-0.05, 0) is 57.4 Å². The maximum absolute atomic E-state index is 10.4. The molecule has 0 saturated carbocycles. The van der Waals surface area contributed by atoms with E-state index in [2.05, 4.69) is 0 Å². The summed E-state index contributed by atoms with van der Waals surface area (Å²) in [4.78, 5) is 4.78. The van der Waals surface area contributed by atoms with Crippen molar-refractivity contribution in [2.45, 2.75) is 38.9 Å². The Morgan fingerprint density at radius 2 is 1.61 bits per heavy atom. The number of aromatic nitrogens is 1. The molecule has 5 aromatic rings. The Labute approximate surface area is 180 Å². The van der Waals surface area contributed by atoms with Crippen LogP contribution in [0.3, 0.4) is 0 Å². The SMILES string of the molecule is CC(C)(O)C(C)(C)O[B]c1cccc2c1oc1ccc3oc(-c4ccccc4)nc3c12. The van der Waals surface area contributed by atoms with Gasteiger partial charge in [0.15, 0.2) is 5.58 Å². The van der Waals surface area contributed by atoms with Crippen molar-refractivity contribution in [3.05, 3.63) is 60.7 Å². The second-order valence-corrected chi connectivity index (χ2v) is 8.80. The summed E-state index contributed by atoms with van der Waals surface area (Å²) in [5, 5.41) is 12.2. The minimum Gasteiger partial charge on any atom is -0.456 e. The van der Waals surface area contributed by atoms with Crippen LogP contribution in [0.15, 0.2) is 69.5 Å². The second-order valence-electron chi connectivity index (χ2n) is 8.80. The van der Waals surface area contributed by atoms with E-state index < -0.39 is 11.2 Å². The predicted octanol–water partition coefficient (Wildman–Crippen LogP) is 5.20. The molecule has 31 heavy (non-hydrogen) atoms. The maximum Gasteiger partial charge on any atom is 0.334 e. The lowest BCUT2D eigenvalue weighted by Gasteiger charge is -2.37. The minimum atomic E-state index is -1.01. The van der Waals surface area contributed by atoms with Crippen molar-refractivity contribution in [1.29, 1.82) is 0 Å². The second kappa shape index (κ2) is 6.97. The van der Waals surface area contributed by atoms with Crippen LogP contribution >= 0.6 is 0 Å². The van der Waals surface area contributed by atoms with Gasteiger partial charge >= 0.3 is 7.48 Å². The highest BCUT2D eigenvalue weighted by atomic mass is 16.5. The van der Waals surface area contributed by atoms with Crippen molar-refractivity contribution >= 4 is 46.0 Å². The summed E-state index contributed by atoms with van der Waals surface area (Å²) in [6.45, 7) is 7.17. The van der Waals surface area contributed by atoms with E-state index in [1.54, 1.807) is 21.3 Å². The van der Waals surface area contributed by atoms with Crippen LogP contribution in [-0.2, 0) is 4.65 Å². The van der Waals surface area contributed by atoms with Crippen molar-refractivity contribution in [3.63, 3.8) is 0 Å². The van der Waals surface area contributed by atoms with Crippen LogP contribution in [0.4, 0.5) is 0 Å². The summed E-state index contributed by atoms with van der Waals surface area (Å²) in [6, 6.07) is 19.5. The van der Waals surface area contributed by atoms with Crippen LogP contribution in [0.2, 0.25) is 0 Å². The zero-order valence-corrected chi connectivity index (χ0v) is 18.0. The van der Waals surface area contributed by atoms with Gasteiger partial charge in [0.2, 0.25) is 5.89 Å². The topological polar surface area (TPSA) is 68.6 Å². The molecule has 0 fully saturated rings. The Morgan fingerprint density at radius 1 is 0.871 bits per heavy atom. The number of hydrogen-bond donors (Lipinski definition) is 1. The molecule has 1 radical (unpaired) electrons. The zero-order chi connectivity index (χ0) is 21.8. The molecule has 0 aliphatic carbocycles. The Morgan fingerprint density at radius 3 is 2.35 bits per heavy atom. The van der Waals surface area contributed by atoms with Gasteiger partial charge in [-0.3, -0.25) is 0 Å². The molecule has 6 heteroatoms. The molecule has 2 aromatic heterocycles. The molecule has 1 N–H and O–H groups in total. The summed E-state index contributed by atoms with van der Waals surface area (Å²) < 4.78 is 18.2. The molecule has 3 aromatic carbocycles. The Bertz CT molecular complexity index is 1390. The molecular weight excluding hydrogens is 389 g/mol. The van der Waals surface area contributed by atoms with Crippen LogP contribution in [0.1, 0.15) is 27.7 Å². The Hall–Kier alpha value is -3.09. The van der Waals surface area contributed by atoms with Gasteiger partial charge in [-0.25, -0.2) is 4.98 Å². The molecule has 5 nitrogen and oxygen atoms in total. The van der Waals surface area contributed by atoms with Crippen LogP contribution in [0.25, 0.3) is 44.5 Å². The molecule has 155 valence electrons. The van der Waals surface area contributed by atoms with Gasteiger partial charge in [-0.2, -0.15) is 0 Å². The van der Waals surface area contributed by atoms with Crippen LogP contribution in [0.5, 0.6) is 0 Å². The van der Waals surface area contributed by atoms with Crippen LogP contribution in [-0.4, -0.2) is 28.8 Å². The average molecular weight is 412 g/mol. The molecule has 0 unspecified atom stereocenters. The quantitative estimate of drug-likeness (QED) is 0.402. The lowest BCUT2D eigenvalue weighted by Crippen LogP contribution is -2.49. The van der Waals surface area contributed by atoms with E-state index in [0.717, 1.165) is 32.9 Å². The molecule has 0 bridgehead atoms. The number of furan rings is 1. The first kappa shape index (κ1) is 19.9. The highest BCUT2D eigenvalue weighted by molar-refractivity contribution is 6.51. The van der Waals surface area contributed by atoms with E-state index in [0.29, 0.717) is 17.1 Å². The number of oxazole rings is 1. The monoisotopic (exact) mass is 412 g/mol. The van der Waals surface area contributed by atoms with Crippen molar-refractivity contribution in [2.75, 3.05) is 0 Å². The number of aliphatic hydroxyl groups is 1. The van der Waals surface area contributed by atoms with Gasteiger partial charge < -0.3 is 18.6 Å². The first-order valence-corrected chi connectivity index (χ1v) is 10.3. The average Bonchev–Trinajstić information content (AvgIpc) is 3.33. The van der Waals surface area contributed by atoms with Crippen molar-refractivity contribution in [3.8, 4) is 11.5 Å². The normalized spacial score (nSPS) is 12.8. The van der Waals surface area contributed by atoms with Crippen molar-refractivity contribution in [2.24, 2.45) is 0 Å². The van der Waals surface area contributed by atoms with E-state index in [4.69, 9.17) is 18.5 Å². The highest BCUT2D eigenvalue weighted by Crippen LogP contribution is 2.35. The van der Waals surface area contributed by atoms with E-state index in [9.17, 15) is 5.11 Å². The van der Waals surface area contributed by atoms with Crippen LogP contribution in [0, 0.1) is 0 Å². The molecule has 0 spiro atoms. The third-order valence-electron chi connectivity index (χ3n) is 6.02. The maximum atomic E-state index is 10.4. The third-order valence-corrected chi connectivity index (χ3v) is 6.02. The van der Waals surface area contributed by atoms with Gasteiger partial charge in [0.25, 0.3) is 0 Å². The van der Waals surface area contributed by atoms with E-state index >= 15 is 0 Å². The van der Waals surface area contributed by atoms with Crippen LogP contribution < -0.4 is 5.46 Å². The van der Waals surface area contributed by atoms with Gasteiger partial charge in [0.1, 0.15) is 16.7 Å². The number of rotatable bonds is 5. The Balaban J connectivity index is 1.63. The van der Waals surface area contributed by atoms with Gasteiger partial charge in [-0.15, -0.1) is 0 Å². The summed E-state index contributed by atoms with van der Waals surface area (Å²) in [5.41, 5.74) is 2.87. The van der Waals surface area contributed by atoms with Gasteiger partial charge in [-0.1, -0.05) is 36.4 Å². The number of nitrogens with zero attached hydrogens (tertiary/aromatic N) is 1. The lowest BCUT2D eigenvalue weighted by molar-refractivity contribution is -0.0893. The fourth-order valence-corrected chi connectivity index (χ4v) is 3.45. The van der Waals surface area contributed by atoms with E-state index in [1.165, 1.54) is 0 Å². The fraction of sp³-hybridized carbons (Fsp3) is 0.240. The number of para-hydroxylation sites is 1. The number of fused-ring (bicyclic) bond motifs is 5. The molecule has 0 atom stereocenters. The summed E-state index contributed by atoms with van der Waals surface area (Å²) >= 11 is 0. The first-order valence-electron chi connectivity index (χ1n) is 10.3. The van der Waals surface area contributed by atoms with Crippen molar-refractivity contribution < 1.29 is 18.6 Å². The number of hydrogen-bond acceptors (Lipinski definition) is 5. The molecule has 0 aliphatic heterocycles. The summed E-state index contributed by atoms with van der Waals surface area (Å²) in [5.74, 6) is 0.579. The summed E-state index contributed by atoms with van der Waals surface area (Å²) in [6.07, 6.45) is 0. The largest absolute Gasteiger partial charge is 0.456 e. The predicted molar refractivity (Wildman–Crippen MR) is 124 cm³/mol. The molecule has 5 rings (SSSR count). The highest BCUT2D eigenvalue weighted by Gasteiger charge is 2.36. The standard InChI is InChI=1S/C25H23BNO4/c1-24(2,28)25(3,4)31-26-17-12-8-11-16-20-18(29-22(16)17)13-14-19-21(20)27-23(30-19)15-9-6-5-7-10-15/h5-14,28H,1-4H3. The van der Waals surface area contributed by atoms with Crippen molar-refractivity contribution in [1.82, 2.24) is 4.98 Å². The Kier molecular flexibility index (Phi) is 4.47. The molecule has 0 amide bonds. The molecule has 2 heterocycles. The third kappa shape index (κ3) is 3.32. The number of benzene rings is 3. The molecular formula is C25H23BNO4. The zero-order valence-electron chi connectivity index (χ0n) is 18.0. The molecule has 0 saturated heterocycles. The molecule has 0 aliphatic rings. The van der Waals surface area contributed by atoms with E-state index in [1.807, 2.05) is 74.5 Å². The fourth-order valence-electron chi connectivity index (χ4n) is 3.45. The summed E-state index contributed by atoms with van der Waals surface area (Å²) in [7, 11) is 1.65. The lowest BCUT2D eigenvalue weighted by atomic mass is 9.82.